The Balaban J connectivity index is 2.06. The maximum absolute atomic E-state index is 12.4. The van der Waals surface area contributed by atoms with Crippen LogP contribution in [0.5, 0.6) is 0 Å². The molecule has 2 rings (SSSR count). The van der Waals surface area contributed by atoms with Crippen molar-refractivity contribution in [1.29, 1.82) is 0 Å². The van der Waals surface area contributed by atoms with E-state index in [1.54, 1.807) is 24.3 Å². The first-order chi connectivity index (χ1) is 9.61. The lowest BCUT2D eigenvalue weighted by atomic mass is 10.0. The van der Waals surface area contributed by atoms with Gasteiger partial charge in [0.15, 0.2) is 0 Å². The molecule has 20 heavy (non-hydrogen) atoms. The van der Waals surface area contributed by atoms with Gasteiger partial charge in [-0.15, -0.1) is 0 Å². The minimum atomic E-state index is -0.974. The van der Waals surface area contributed by atoms with Gasteiger partial charge in [0.1, 0.15) is 0 Å². The van der Waals surface area contributed by atoms with E-state index < -0.39 is 5.97 Å². The van der Waals surface area contributed by atoms with E-state index in [1.807, 2.05) is 4.90 Å². The van der Waals surface area contributed by atoms with Gasteiger partial charge in [0.25, 0.3) is 0 Å². The maximum Gasteiger partial charge on any atom is 0.335 e. The highest BCUT2D eigenvalue weighted by Gasteiger charge is 2.26. The van der Waals surface area contributed by atoms with Crippen LogP contribution in [-0.2, 0) is 11.2 Å². The summed E-state index contributed by atoms with van der Waals surface area (Å²) in [5.41, 5.74) is 0.825. The van der Waals surface area contributed by atoms with Gasteiger partial charge in [-0.1, -0.05) is 25.1 Å². The fraction of sp³-hybridized carbons (Fsp3) is 0.500. The molecular weight excluding hydrogens is 254 g/mol. The van der Waals surface area contributed by atoms with Gasteiger partial charge in [-0.25, -0.2) is 4.79 Å². The zero-order valence-corrected chi connectivity index (χ0v) is 11.8. The molecular formula is C16H21NO3. The molecule has 4 heteroatoms. The monoisotopic (exact) mass is 275 g/mol. The van der Waals surface area contributed by atoms with E-state index in [0.29, 0.717) is 11.5 Å². The fourth-order valence-corrected chi connectivity index (χ4v) is 2.36. The summed E-state index contributed by atoms with van der Waals surface area (Å²) in [6.07, 6.45) is 3.52. The standard InChI is InChI=1S/C16H21NO3/c1-2-9-17(11-12-7-8-12)15(18)10-13-5-3-4-6-14(13)16(19)20/h3-6,12H,2,7-11H2,1H3,(H,19,20). The molecule has 1 fully saturated rings. The number of hydrogen-bond donors (Lipinski definition) is 1. The Hall–Kier alpha value is -1.84. The average molecular weight is 275 g/mol. The molecule has 108 valence electrons. The number of carboxylic acid groups (broad SMARTS) is 1. The third-order valence-electron chi connectivity index (χ3n) is 3.61. The largest absolute Gasteiger partial charge is 0.478 e. The van der Waals surface area contributed by atoms with E-state index in [1.165, 1.54) is 12.8 Å². The van der Waals surface area contributed by atoms with Crippen LogP contribution in [0.15, 0.2) is 24.3 Å². The van der Waals surface area contributed by atoms with Gasteiger partial charge >= 0.3 is 5.97 Å². The molecule has 0 aliphatic heterocycles. The molecule has 0 unspecified atom stereocenters. The zero-order valence-electron chi connectivity index (χ0n) is 11.8. The normalized spacial score (nSPS) is 14.1. The smallest absolute Gasteiger partial charge is 0.335 e. The van der Waals surface area contributed by atoms with Crippen LogP contribution in [0.2, 0.25) is 0 Å². The highest BCUT2D eigenvalue weighted by Crippen LogP contribution is 2.30. The summed E-state index contributed by atoms with van der Waals surface area (Å²) >= 11 is 0. The molecule has 0 heterocycles. The van der Waals surface area contributed by atoms with Crippen molar-refractivity contribution in [2.24, 2.45) is 5.92 Å². The van der Waals surface area contributed by atoms with Gasteiger partial charge in [0.2, 0.25) is 5.91 Å². The summed E-state index contributed by atoms with van der Waals surface area (Å²) in [5.74, 6) is -0.287. The Labute approximate surface area is 119 Å². The number of hydrogen-bond acceptors (Lipinski definition) is 2. The average Bonchev–Trinajstić information content (AvgIpc) is 3.22. The SMILES string of the molecule is CCCN(CC1CC1)C(=O)Cc1ccccc1C(=O)O. The quantitative estimate of drug-likeness (QED) is 0.832. The highest BCUT2D eigenvalue weighted by atomic mass is 16.4. The number of aromatic carboxylic acids is 1. The molecule has 1 aliphatic rings. The van der Waals surface area contributed by atoms with Gasteiger partial charge < -0.3 is 10.0 Å². The van der Waals surface area contributed by atoms with Gasteiger partial charge in [0, 0.05) is 13.1 Å². The summed E-state index contributed by atoms with van der Waals surface area (Å²) in [4.78, 5) is 25.4. The van der Waals surface area contributed by atoms with Crippen molar-refractivity contribution in [1.82, 2.24) is 4.90 Å². The lowest BCUT2D eigenvalue weighted by Gasteiger charge is -2.22. The summed E-state index contributed by atoms with van der Waals surface area (Å²) in [7, 11) is 0. The lowest BCUT2D eigenvalue weighted by Crippen LogP contribution is -2.35. The topological polar surface area (TPSA) is 57.6 Å². The van der Waals surface area contributed by atoms with Gasteiger partial charge in [-0.05, 0) is 36.8 Å². The molecule has 1 amide bonds. The van der Waals surface area contributed by atoms with E-state index in [0.717, 1.165) is 19.5 Å². The van der Waals surface area contributed by atoms with Crippen LogP contribution < -0.4 is 0 Å². The van der Waals surface area contributed by atoms with Crippen LogP contribution in [0, 0.1) is 5.92 Å². The van der Waals surface area contributed by atoms with E-state index in [-0.39, 0.29) is 17.9 Å². The van der Waals surface area contributed by atoms with Gasteiger partial charge in [-0.3, -0.25) is 4.79 Å². The molecule has 0 spiro atoms. The Bertz CT molecular complexity index is 494. The number of rotatable bonds is 7. The maximum atomic E-state index is 12.4. The molecule has 1 aliphatic carbocycles. The Kier molecular flexibility index (Phi) is 4.77. The predicted molar refractivity (Wildman–Crippen MR) is 76.7 cm³/mol. The van der Waals surface area contributed by atoms with Crippen LogP contribution in [0.1, 0.15) is 42.1 Å². The number of nitrogens with zero attached hydrogens (tertiary/aromatic N) is 1. The number of amides is 1. The van der Waals surface area contributed by atoms with E-state index >= 15 is 0 Å². The van der Waals surface area contributed by atoms with Crippen molar-refractivity contribution in [3.05, 3.63) is 35.4 Å². The molecule has 0 radical (unpaired) electrons. The molecule has 0 saturated heterocycles. The molecule has 1 N–H and O–H groups in total. The van der Waals surface area contributed by atoms with Crippen molar-refractivity contribution in [2.75, 3.05) is 13.1 Å². The van der Waals surface area contributed by atoms with Crippen LogP contribution in [-0.4, -0.2) is 35.0 Å². The summed E-state index contributed by atoms with van der Waals surface area (Å²) < 4.78 is 0. The second kappa shape index (κ2) is 6.55. The van der Waals surface area contributed by atoms with Crippen molar-refractivity contribution in [2.45, 2.75) is 32.6 Å². The van der Waals surface area contributed by atoms with Crippen LogP contribution >= 0.6 is 0 Å². The second-order valence-corrected chi connectivity index (χ2v) is 5.42. The summed E-state index contributed by atoms with van der Waals surface area (Å²) in [6, 6.07) is 6.74. The van der Waals surface area contributed by atoms with Crippen LogP contribution in [0.4, 0.5) is 0 Å². The minimum Gasteiger partial charge on any atom is -0.478 e. The first-order valence-corrected chi connectivity index (χ1v) is 7.20. The third-order valence-corrected chi connectivity index (χ3v) is 3.61. The Morgan fingerprint density at radius 3 is 2.60 bits per heavy atom. The fourth-order valence-electron chi connectivity index (χ4n) is 2.36. The first kappa shape index (κ1) is 14.6. The number of benzene rings is 1. The Morgan fingerprint density at radius 2 is 2.00 bits per heavy atom. The van der Waals surface area contributed by atoms with E-state index in [2.05, 4.69) is 6.92 Å². The first-order valence-electron chi connectivity index (χ1n) is 7.20. The number of carbonyl (C=O) groups excluding carboxylic acids is 1. The molecule has 4 nitrogen and oxygen atoms in total. The van der Waals surface area contributed by atoms with Gasteiger partial charge in [-0.2, -0.15) is 0 Å². The molecule has 0 aromatic heterocycles. The van der Waals surface area contributed by atoms with Crippen molar-refractivity contribution in [3.63, 3.8) is 0 Å². The molecule has 0 bridgehead atoms. The molecule has 0 atom stereocenters. The zero-order chi connectivity index (χ0) is 14.5. The molecule has 1 aromatic rings. The lowest BCUT2D eigenvalue weighted by molar-refractivity contribution is -0.130. The number of carboxylic acids is 1. The third kappa shape index (κ3) is 3.83. The van der Waals surface area contributed by atoms with Crippen LogP contribution in [0.3, 0.4) is 0 Å². The van der Waals surface area contributed by atoms with E-state index in [9.17, 15) is 9.59 Å². The van der Waals surface area contributed by atoms with Crippen molar-refractivity contribution >= 4 is 11.9 Å². The number of carbonyl (C=O) groups is 2. The predicted octanol–water partition coefficient (Wildman–Crippen LogP) is 2.58. The van der Waals surface area contributed by atoms with Crippen molar-refractivity contribution in [3.8, 4) is 0 Å². The molecule has 1 saturated carbocycles. The summed E-state index contributed by atoms with van der Waals surface area (Å²) in [6.45, 7) is 3.63. The highest BCUT2D eigenvalue weighted by molar-refractivity contribution is 5.91. The summed E-state index contributed by atoms with van der Waals surface area (Å²) in [5, 5.41) is 9.15. The van der Waals surface area contributed by atoms with Crippen LogP contribution in [0.25, 0.3) is 0 Å². The van der Waals surface area contributed by atoms with Crippen molar-refractivity contribution < 1.29 is 14.7 Å². The minimum absolute atomic E-state index is 0.0347. The van der Waals surface area contributed by atoms with Gasteiger partial charge in [0.05, 0.1) is 12.0 Å². The second-order valence-electron chi connectivity index (χ2n) is 5.42. The molecule has 1 aromatic carbocycles. The van der Waals surface area contributed by atoms with E-state index in [4.69, 9.17) is 5.11 Å². The Morgan fingerprint density at radius 1 is 1.30 bits per heavy atom.